The first kappa shape index (κ1) is 25.0. The van der Waals surface area contributed by atoms with E-state index in [0.717, 1.165) is 31.2 Å². The van der Waals surface area contributed by atoms with Crippen molar-refractivity contribution >= 4 is 15.8 Å². The van der Waals surface area contributed by atoms with E-state index in [1.807, 2.05) is 32.0 Å². The third-order valence-corrected chi connectivity index (χ3v) is 8.62. The number of esters is 1. The van der Waals surface area contributed by atoms with Crippen LogP contribution in [0.4, 0.5) is 0 Å². The van der Waals surface area contributed by atoms with Crippen LogP contribution in [0.15, 0.2) is 64.8 Å². The molecule has 35 heavy (non-hydrogen) atoms. The Balaban J connectivity index is 1.68. The number of carbonyl (C=O) groups is 1. The number of benzene rings is 2. The minimum absolute atomic E-state index is 0.0544. The van der Waals surface area contributed by atoms with Crippen LogP contribution in [0.3, 0.4) is 0 Å². The van der Waals surface area contributed by atoms with Gasteiger partial charge in [-0.2, -0.15) is 5.26 Å². The van der Waals surface area contributed by atoms with Gasteiger partial charge in [-0.3, -0.25) is 0 Å². The van der Waals surface area contributed by atoms with Crippen molar-refractivity contribution < 1.29 is 23.1 Å². The molecule has 0 aromatic heterocycles. The predicted molar refractivity (Wildman–Crippen MR) is 132 cm³/mol. The number of ether oxygens (including phenoxy) is 1. The molecule has 0 bridgehead atoms. The van der Waals surface area contributed by atoms with Crippen molar-refractivity contribution in [3.63, 3.8) is 0 Å². The lowest BCUT2D eigenvalue weighted by Gasteiger charge is -2.27. The van der Waals surface area contributed by atoms with Crippen LogP contribution in [-0.2, 0) is 25.1 Å². The fourth-order valence-corrected chi connectivity index (χ4v) is 6.52. The van der Waals surface area contributed by atoms with Crippen LogP contribution in [0.5, 0.6) is 0 Å². The average molecular weight is 494 g/mol. The summed E-state index contributed by atoms with van der Waals surface area (Å²) in [6.07, 6.45) is 4.58. The summed E-state index contributed by atoms with van der Waals surface area (Å²) in [5, 5.41) is 20.3. The fourth-order valence-electron chi connectivity index (χ4n) is 5.19. The van der Waals surface area contributed by atoms with Crippen LogP contribution in [-0.4, -0.2) is 25.1 Å². The van der Waals surface area contributed by atoms with Gasteiger partial charge in [-0.05, 0) is 67.0 Å². The van der Waals surface area contributed by atoms with E-state index in [1.54, 1.807) is 12.1 Å². The number of hydrogen-bond acceptors (Lipinski definition) is 6. The first-order chi connectivity index (χ1) is 16.7. The molecule has 4 rings (SSSR count). The van der Waals surface area contributed by atoms with Crippen LogP contribution in [0, 0.1) is 17.2 Å². The van der Waals surface area contributed by atoms with Crippen LogP contribution in [0.1, 0.15) is 75.0 Å². The summed E-state index contributed by atoms with van der Waals surface area (Å²) in [7, 11) is -3.62. The second kappa shape index (κ2) is 9.87. The van der Waals surface area contributed by atoms with Gasteiger partial charge in [-0.15, -0.1) is 0 Å². The molecule has 1 saturated carbocycles. The van der Waals surface area contributed by atoms with Gasteiger partial charge < -0.3 is 9.84 Å². The SMILES string of the molecule is CCCC1(CCC)OC(=O)C(C(c2cccc(CS(=O)(=O)c3ccc(C#N)cc3)c2)C2CC2)=C1O. The average Bonchev–Trinajstić information content (AvgIpc) is 3.63. The van der Waals surface area contributed by atoms with Gasteiger partial charge in [0, 0.05) is 5.92 Å². The molecule has 1 N–H and O–H groups in total. The second-order valence-electron chi connectivity index (χ2n) is 9.60. The first-order valence-electron chi connectivity index (χ1n) is 12.2. The van der Waals surface area contributed by atoms with Crippen molar-refractivity contribution in [1.29, 1.82) is 5.26 Å². The van der Waals surface area contributed by atoms with Gasteiger partial charge in [0.25, 0.3) is 0 Å². The molecule has 1 aliphatic heterocycles. The number of hydrogen-bond donors (Lipinski definition) is 1. The van der Waals surface area contributed by atoms with E-state index in [2.05, 4.69) is 0 Å². The van der Waals surface area contributed by atoms with Crippen molar-refractivity contribution in [1.82, 2.24) is 0 Å². The molecule has 2 aromatic rings. The molecule has 1 atom stereocenters. The molecular formula is C28H31NO5S. The van der Waals surface area contributed by atoms with Crippen LogP contribution >= 0.6 is 0 Å². The normalized spacial score (nSPS) is 18.3. The Kier molecular flexibility index (Phi) is 7.05. The molecule has 0 saturated heterocycles. The molecule has 1 aliphatic carbocycles. The molecule has 1 unspecified atom stereocenters. The maximum Gasteiger partial charge on any atom is 0.339 e. The largest absolute Gasteiger partial charge is 0.507 e. The lowest BCUT2D eigenvalue weighted by Crippen LogP contribution is -2.31. The minimum atomic E-state index is -3.62. The molecule has 184 valence electrons. The van der Waals surface area contributed by atoms with Crippen molar-refractivity contribution in [2.75, 3.05) is 0 Å². The predicted octanol–water partition coefficient (Wildman–Crippen LogP) is 5.73. The van der Waals surface area contributed by atoms with E-state index >= 15 is 0 Å². The summed E-state index contributed by atoms with van der Waals surface area (Å²) in [6, 6.07) is 15.2. The Bertz CT molecular complexity index is 1280. The third kappa shape index (κ3) is 4.99. The highest BCUT2D eigenvalue weighted by molar-refractivity contribution is 7.90. The lowest BCUT2D eigenvalue weighted by molar-refractivity contribution is -0.149. The number of rotatable bonds is 10. The van der Waals surface area contributed by atoms with Crippen LogP contribution < -0.4 is 0 Å². The van der Waals surface area contributed by atoms with E-state index in [4.69, 9.17) is 10.00 Å². The molecule has 1 fully saturated rings. The number of cyclic esters (lactones) is 1. The summed E-state index contributed by atoms with van der Waals surface area (Å²) in [4.78, 5) is 13.2. The summed E-state index contributed by atoms with van der Waals surface area (Å²) >= 11 is 0. The topological polar surface area (TPSA) is 104 Å². The Morgan fingerprint density at radius 1 is 1.11 bits per heavy atom. The van der Waals surface area contributed by atoms with E-state index in [0.29, 0.717) is 29.5 Å². The summed E-state index contributed by atoms with van der Waals surface area (Å²) in [5.74, 6) is -0.717. The summed E-state index contributed by atoms with van der Waals surface area (Å²) < 4.78 is 31.9. The number of sulfone groups is 1. The molecule has 0 spiro atoms. The Morgan fingerprint density at radius 2 is 1.77 bits per heavy atom. The molecule has 2 aromatic carbocycles. The molecule has 6 nitrogen and oxygen atoms in total. The Morgan fingerprint density at radius 3 is 2.34 bits per heavy atom. The van der Waals surface area contributed by atoms with Crippen molar-refractivity contribution in [3.8, 4) is 6.07 Å². The van der Waals surface area contributed by atoms with Crippen molar-refractivity contribution in [3.05, 3.63) is 76.6 Å². The standard InChI is InChI=1S/C28H31NO5S/c1-3-14-28(15-4-2)26(30)25(27(31)34-28)24(21-10-11-21)22-7-5-6-20(16-22)18-35(32,33)23-12-8-19(17-29)9-13-23/h5-9,12-13,16,21,24,30H,3-4,10-11,14-15,18H2,1-2H3. The molecule has 0 radical (unpaired) electrons. The van der Waals surface area contributed by atoms with Crippen LogP contribution in [0.2, 0.25) is 0 Å². The highest BCUT2D eigenvalue weighted by atomic mass is 32.2. The molecular weight excluding hydrogens is 462 g/mol. The second-order valence-corrected chi connectivity index (χ2v) is 11.6. The van der Waals surface area contributed by atoms with E-state index in [1.165, 1.54) is 24.3 Å². The van der Waals surface area contributed by atoms with E-state index in [9.17, 15) is 18.3 Å². The van der Waals surface area contributed by atoms with Gasteiger partial charge >= 0.3 is 5.97 Å². The van der Waals surface area contributed by atoms with Gasteiger partial charge in [0.05, 0.1) is 27.9 Å². The van der Waals surface area contributed by atoms with Crippen molar-refractivity contribution in [2.24, 2.45) is 5.92 Å². The zero-order valence-electron chi connectivity index (χ0n) is 20.2. The minimum Gasteiger partial charge on any atom is -0.507 e. The zero-order chi connectivity index (χ0) is 25.2. The van der Waals surface area contributed by atoms with E-state index < -0.39 is 21.4 Å². The highest BCUT2D eigenvalue weighted by Crippen LogP contribution is 2.52. The van der Waals surface area contributed by atoms with E-state index in [-0.39, 0.29) is 28.2 Å². The maximum atomic E-state index is 13.1. The summed E-state index contributed by atoms with van der Waals surface area (Å²) in [6.45, 7) is 4.01. The van der Waals surface area contributed by atoms with Gasteiger partial charge in [-0.25, -0.2) is 13.2 Å². The molecule has 2 aliphatic rings. The third-order valence-electron chi connectivity index (χ3n) is 6.92. The lowest BCUT2D eigenvalue weighted by atomic mass is 9.82. The maximum absolute atomic E-state index is 13.1. The monoisotopic (exact) mass is 493 g/mol. The van der Waals surface area contributed by atoms with Crippen LogP contribution in [0.25, 0.3) is 0 Å². The highest BCUT2D eigenvalue weighted by Gasteiger charge is 2.51. The number of aliphatic hydroxyl groups is 1. The molecule has 0 amide bonds. The number of aliphatic hydroxyl groups excluding tert-OH is 1. The zero-order valence-corrected chi connectivity index (χ0v) is 21.0. The summed E-state index contributed by atoms with van der Waals surface area (Å²) in [5.41, 5.74) is 1.21. The number of carbonyl (C=O) groups excluding carboxylic acids is 1. The number of nitrogens with zero attached hydrogens (tertiary/aromatic N) is 1. The van der Waals surface area contributed by atoms with Gasteiger partial charge in [0.2, 0.25) is 0 Å². The van der Waals surface area contributed by atoms with Crippen molar-refractivity contribution in [2.45, 2.75) is 74.5 Å². The first-order valence-corrected chi connectivity index (χ1v) is 13.9. The Labute approximate surface area is 207 Å². The fraction of sp³-hybridized carbons (Fsp3) is 0.429. The quantitative estimate of drug-likeness (QED) is 0.424. The van der Waals surface area contributed by atoms with Gasteiger partial charge in [-0.1, -0.05) is 51.0 Å². The molecule has 7 heteroatoms. The smallest absolute Gasteiger partial charge is 0.339 e. The Hall–Kier alpha value is -3.11. The van der Waals surface area contributed by atoms with Gasteiger partial charge in [0.15, 0.2) is 15.4 Å². The molecule has 1 heterocycles. The van der Waals surface area contributed by atoms with Gasteiger partial charge in [0.1, 0.15) is 5.76 Å². The number of nitriles is 1.